The van der Waals surface area contributed by atoms with Gasteiger partial charge in [-0.05, 0) is 43.8 Å². The maximum atomic E-state index is 9.76. The highest BCUT2D eigenvalue weighted by atomic mass is 32.2. The topological polar surface area (TPSA) is 35.8 Å². The van der Waals surface area contributed by atoms with Crippen molar-refractivity contribution >= 4 is 11.8 Å². The zero-order chi connectivity index (χ0) is 14.8. The zero-order valence-corrected chi connectivity index (χ0v) is 13.7. The van der Waals surface area contributed by atoms with E-state index in [2.05, 4.69) is 44.3 Å². The Kier molecular flexibility index (Phi) is 7.72. The number of hydrogen-bond acceptors (Lipinski definition) is 3. The third-order valence-corrected chi connectivity index (χ3v) is 4.33. The summed E-state index contributed by atoms with van der Waals surface area (Å²) < 4.78 is 0. The number of unbranched alkanes of at least 4 members (excludes halogenated alkanes) is 1. The van der Waals surface area contributed by atoms with Crippen LogP contribution in [-0.4, -0.2) is 17.5 Å². The summed E-state index contributed by atoms with van der Waals surface area (Å²) in [5.74, 6) is 2.21. The predicted octanol–water partition coefficient (Wildman–Crippen LogP) is 4.33. The summed E-state index contributed by atoms with van der Waals surface area (Å²) >= 11 is 1.95. The lowest BCUT2D eigenvalue weighted by molar-refractivity contribution is 0.378. The van der Waals surface area contributed by atoms with E-state index in [-0.39, 0.29) is 6.04 Å². The minimum Gasteiger partial charge on any atom is -0.293 e. The summed E-state index contributed by atoms with van der Waals surface area (Å²) in [6.45, 7) is 6.41. The number of nitrogens with zero attached hydrogens (tertiary/aromatic N) is 1. The van der Waals surface area contributed by atoms with Gasteiger partial charge in [0.1, 0.15) is 5.54 Å². The van der Waals surface area contributed by atoms with Crippen LogP contribution in [0, 0.1) is 11.3 Å². The smallest absolute Gasteiger partial charge is 0.133 e. The van der Waals surface area contributed by atoms with Gasteiger partial charge in [0.15, 0.2) is 0 Å². The van der Waals surface area contributed by atoms with Gasteiger partial charge in [0, 0.05) is 6.04 Å². The Labute approximate surface area is 128 Å². The first-order valence-corrected chi connectivity index (χ1v) is 8.62. The average Bonchev–Trinajstić information content (AvgIpc) is 2.46. The summed E-state index contributed by atoms with van der Waals surface area (Å²) in [5.41, 5.74) is 0.515. The van der Waals surface area contributed by atoms with Crippen LogP contribution in [-0.2, 0) is 5.54 Å². The molecular formula is C17H26N2S. The molecule has 0 saturated carbocycles. The molecule has 0 aliphatic carbocycles. The fraction of sp³-hybridized carbons (Fsp3) is 0.588. The molecule has 1 rings (SSSR count). The largest absolute Gasteiger partial charge is 0.293 e. The Bertz CT molecular complexity index is 411. The van der Waals surface area contributed by atoms with Gasteiger partial charge in [-0.2, -0.15) is 17.0 Å². The minimum absolute atomic E-state index is 0.287. The van der Waals surface area contributed by atoms with Crippen molar-refractivity contribution in [1.82, 2.24) is 5.32 Å². The van der Waals surface area contributed by atoms with Crippen LogP contribution >= 0.6 is 11.8 Å². The Morgan fingerprint density at radius 3 is 2.50 bits per heavy atom. The van der Waals surface area contributed by atoms with Crippen LogP contribution in [0.25, 0.3) is 0 Å². The van der Waals surface area contributed by atoms with Crippen LogP contribution in [0.3, 0.4) is 0 Å². The van der Waals surface area contributed by atoms with Gasteiger partial charge >= 0.3 is 0 Å². The molecule has 1 aromatic carbocycles. The number of rotatable bonds is 9. The summed E-state index contributed by atoms with van der Waals surface area (Å²) in [4.78, 5) is 0. The van der Waals surface area contributed by atoms with Crippen LogP contribution < -0.4 is 5.32 Å². The van der Waals surface area contributed by atoms with Gasteiger partial charge in [-0.25, -0.2) is 0 Å². The van der Waals surface area contributed by atoms with E-state index < -0.39 is 5.54 Å². The highest BCUT2D eigenvalue weighted by Crippen LogP contribution is 2.27. The maximum absolute atomic E-state index is 9.76. The predicted molar refractivity (Wildman–Crippen MR) is 88.9 cm³/mol. The molecule has 0 saturated heterocycles. The second-order valence-corrected chi connectivity index (χ2v) is 6.62. The van der Waals surface area contributed by atoms with Gasteiger partial charge in [-0.15, -0.1) is 0 Å². The Morgan fingerprint density at radius 1 is 1.25 bits per heavy atom. The van der Waals surface area contributed by atoms with Gasteiger partial charge in [-0.3, -0.25) is 5.32 Å². The third kappa shape index (κ3) is 5.19. The monoisotopic (exact) mass is 290 g/mol. The van der Waals surface area contributed by atoms with Crippen molar-refractivity contribution in [3.8, 4) is 6.07 Å². The van der Waals surface area contributed by atoms with E-state index in [0.29, 0.717) is 0 Å². The van der Waals surface area contributed by atoms with Crippen molar-refractivity contribution < 1.29 is 0 Å². The molecule has 1 aromatic rings. The second kappa shape index (κ2) is 9.05. The van der Waals surface area contributed by atoms with Crippen LogP contribution in [0.5, 0.6) is 0 Å². The molecule has 20 heavy (non-hydrogen) atoms. The lowest BCUT2D eigenvalue weighted by atomic mass is 9.88. The maximum Gasteiger partial charge on any atom is 0.133 e. The standard InChI is InChI=1S/C17H26N2S/c1-4-5-12-20-13-11-17(14-18,19-15(2)3)16-9-7-6-8-10-16/h6-10,15,19H,4-5,11-13H2,1-3H3. The molecule has 0 aromatic heterocycles. The van der Waals surface area contributed by atoms with E-state index in [1.807, 2.05) is 30.0 Å². The average molecular weight is 290 g/mol. The molecule has 1 N–H and O–H groups in total. The highest BCUT2D eigenvalue weighted by Gasteiger charge is 2.32. The van der Waals surface area contributed by atoms with E-state index in [1.165, 1.54) is 18.6 Å². The summed E-state index contributed by atoms with van der Waals surface area (Å²) in [6, 6.07) is 12.9. The lowest BCUT2D eigenvalue weighted by Crippen LogP contribution is -2.45. The first-order chi connectivity index (χ1) is 9.64. The molecule has 0 spiro atoms. The molecule has 0 fully saturated rings. The molecule has 0 amide bonds. The van der Waals surface area contributed by atoms with Crippen molar-refractivity contribution in [3.63, 3.8) is 0 Å². The number of nitrogens with one attached hydrogen (secondary N) is 1. The minimum atomic E-state index is -0.561. The van der Waals surface area contributed by atoms with Crippen LogP contribution in [0.2, 0.25) is 0 Å². The van der Waals surface area contributed by atoms with Gasteiger partial charge < -0.3 is 0 Å². The third-order valence-electron chi connectivity index (χ3n) is 3.26. The second-order valence-electron chi connectivity index (χ2n) is 5.40. The summed E-state index contributed by atoms with van der Waals surface area (Å²) in [6.07, 6.45) is 3.34. The van der Waals surface area contributed by atoms with Gasteiger partial charge in [0.2, 0.25) is 0 Å². The normalized spacial score (nSPS) is 13.9. The fourth-order valence-electron chi connectivity index (χ4n) is 2.24. The van der Waals surface area contributed by atoms with Crippen molar-refractivity contribution in [2.75, 3.05) is 11.5 Å². The van der Waals surface area contributed by atoms with Crippen molar-refractivity contribution in [1.29, 1.82) is 5.26 Å². The molecule has 2 nitrogen and oxygen atoms in total. The van der Waals surface area contributed by atoms with Crippen molar-refractivity contribution in [3.05, 3.63) is 35.9 Å². The Morgan fingerprint density at radius 2 is 1.95 bits per heavy atom. The molecule has 1 atom stereocenters. The van der Waals surface area contributed by atoms with Gasteiger partial charge in [0.25, 0.3) is 0 Å². The molecule has 0 aliphatic rings. The SMILES string of the molecule is CCCCSCCC(C#N)(NC(C)C)c1ccccc1. The molecule has 0 heterocycles. The molecule has 0 aliphatic heterocycles. The van der Waals surface area contributed by atoms with Crippen LogP contribution in [0.15, 0.2) is 30.3 Å². The quantitative estimate of drug-likeness (QED) is 0.688. The van der Waals surface area contributed by atoms with E-state index in [9.17, 15) is 5.26 Å². The molecule has 1 unspecified atom stereocenters. The molecular weight excluding hydrogens is 264 g/mol. The van der Waals surface area contributed by atoms with E-state index >= 15 is 0 Å². The lowest BCUT2D eigenvalue weighted by Gasteiger charge is -2.30. The van der Waals surface area contributed by atoms with Gasteiger partial charge in [0.05, 0.1) is 6.07 Å². The van der Waals surface area contributed by atoms with Crippen LogP contribution in [0.1, 0.15) is 45.6 Å². The van der Waals surface area contributed by atoms with E-state index in [4.69, 9.17) is 0 Å². The molecule has 0 radical (unpaired) electrons. The summed E-state index contributed by atoms with van der Waals surface area (Å²) in [5, 5.41) is 13.2. The van der Waals surface area contributed by atoms with E-state index in [1.54, 1.807) is 0 Å². The highest BCUT2D eigenvalue weighted by molar-refractivity contribution is 7.99. The van der Waals surface area contributed by atoms with Crippen molar-refractivity contribution in [2.24, 2.45) is 0 Å². The van der Waals surface area contributed by atoms with Crippen LogP contribution in [0.4, 0.5) is 0 Å². The van der Waals surface area contributed by atoms with Gasteiger partial charge in [-0.1, -0.05) is 43.7 Å². The summed E-state index contributed by atoms with van der Waals surface area (Å²) in [7, 11) is 0. The molecule has 0 bridgehead atoms. The van der Waals surface area contributed by atoms with Crippen molar-refractivity contribution in [2.45, 2.75) is 51.6 Å². The zero-order valence-electron chi connectivity index (χ0n) is 12.9. The number of hydrogen-bond donors (Lipinski definition) is 1. The number of benzene rings is 1. The first kappa shape index (κ1) is 17.1. The number of thioether (sulfide) groups is 1. The van der Waals surface area contributed by atoms with E-state index in [0.717, 1.165) is 17.7 Å². The Balaban J connectivity index is 2.76. The fourth-order valence-corrected chi connectivity index (χ4v) is 3.39. The first-order valence-electron chi connectivity index (χ1n) is 7.47. The molecule has 3 heteroatoms. The Hall–Kier alpha value is -0.980. The molecule has 110 valence electrons. The number of nitriles is 1.